The molecular weight excluding hydrogens is 310 g/mol. The van der Waals surface area contributed by atoms with Gasteiger partial charge in [0.15, 0.2) is 5.69 Å². The Hall–Kier alpha value is -2.74. The Morgan fingerprint density at radius 2 is 2.29 bits per heavy atom. The van der Waals surface area contributed by atoms with Gasteiger partial charge in [-0.3, -0.25) is 19.6 Å². The molecule has 0 radical (unpaired) electrons. The van der Waals surface area contributed by atoms with Crippen LogP contribution in [0.5, 0.6) is 0 Å². The molecule has 1 amide bonds. The van der Waals surface area contributed by atoms with E-state index in [0.29, 0.717) is 16.9 Å². The number of carbonyl (C=O) groups excluding carboxylic acids is 1. The summed E-state index contributed by atoms with van der Waals surface area (Å²) in [5, 5.41) is 21.3. The number of nitro groups is 1. The summed E-state index contributed by atoms with van der Waals surface area (Å²) in [4.78, 5) is 22.9. The first-order chi connectivity index (χ1) is 11.6. The average molecular weight is 329 g/mol. The number of amides is 1. The van der Waals surface area contributed by atoms with E-state index < -0.39 is 4.92 Å². The number of nitrogens with zero attached hydrogens (tertiary/aromatic N) is 3. The van der Waals surface area contributed by atoms with Gasteiger partial charge in [-0.05, 0) is 38.4 Å². The van der Waals surface area contributed by atoms with Gasteiger partial charge in [0, 0.05) is 18.8 Å². The molecule has 2 heterocycles. The fourth-order valence-corrected chi connectivity index (χ4v) is 2.86. The van der Waals surface area contributed by atoms with E-state index in [4.69, 9.17) is 0 Å². The Bertz CT molecular complexity index is 765. The topological polar surface area (TPSA) is 102 Å². The molecular formula is C16H19N5O3. The molecule has 1 aromatic carbocycles. The minimum Gasteiger partial charge on any atom is -0.320 e. The van der Waals surface area contributed by atoms with Gasteiger partial charge in [0.1, 0.15) is 0 Å². The second-order valence-electron chi connectivity index (χ2n) is 5.84. The highest BCUT2D eigenvalue weighted by atomic mass is 16.6. The van der Waals surface area contributed by atoms with Gasteiger partial charge in [0.2, 0.25) is 0 Å². The molecule has 24 heavy (non-hydrogen) atoms. The van der Waals surface area contributed by atoms with Gasteiger partial charge in [-0.1, -0.05) is 6.07 Å². The maximum Gasteiger partial charge on any atom is 0.276 e. The van der Waals surface area contributed by atoms with E-state index in [1.165, 1.54) is 6.07 Å². The number of rotatable bonds is 4. The number of piperidine rings is 1. The van der Waals surface area contributed by atoms with Gasteiger partial charge in [0.25, 0.3) is 11.6 Å². The lowest BCUT2D eigenvalue weighted by Gasteiger charge is -2.22. The van der Waals surface area contributed by atoms with Crippen LogP contribution in [0, 0.1) is 17.0 Å². The summed E-state index contributed by atoms with van der Waals surface area (Å²) in [5.41, 5.74) is 1.12. The Balaban J connectivity index is 1.75. The van der Waals surface area contributed by atoms with Crippen molar-refractivity contribution in [3.63, 3.8) is 0 Å². The van der Waals surface area contributed by atoms with Crippen LogP contribution in [0.15, 0.2) is 30.5 Å². The van der Waals surface area contributed by atoms with Crippen LogP contribution in [-0.4, -0.2) is 33.7 Å². The van der Waals surface area contributed by atoms with Crippen molar-refractivity contribution in [1.82, 2.24) is 15.1 Å². The van der Waals surface area contributed by atoms with Crippen LogP contribution in [0.1, 0.15) is 34.9 Å². The molecule has 3 rings (SSSR count). The maximum absolute atomic E-state index is 12.4. The molecule has 1 aliphatic rings. The van der Waals surface area contributed by atoms with E-state index in [9.17, 15) is 14.9 Å². The van der Waals surface area contributed by atoms with Gasteiger partial charge in [0.05, 0.1) is 22.2 Å². The monoisotopic (exact) mass is 329 g/mol. The summed E-state index contributed by atoms with van der Waals surface area (Å²) >= 11 is 0. The molecule has 1 aliphatic heterocycles. The lowest BCUT2D eigenvalue weighted by molar-refractivity contribution is -0.385. The third kappa shape index (κ3) is 3.28. The molecule has 1 fully saturated rings. The summed E-state index contributed by atoms with van der Waals surface area (Å²) in [6.07, 6.45) is 3.91. The van der Waals surface area contributed by atoms with Crippen LogP contribution in [0.4, 0.5) is 11.4 Å². The van der Waals surface area contributed by atoms with E-state index in [2.05, 4.69) is 15.7 Å². The van der Waals surface area contributed by atoms with Gasteiger partial charge in [-0.2, -0.15) is 5.10 Å². The zero-order valence-electron chi connectivity index (χ0n) is 13.4. The zero-order valence-corrected chi connectivity index (χ0v) is 13.4. The third-order valence-corrected chi connectivity index (χ3v) is 4.24. The second kappa shape index (κ2) is 6.79. The summed E-state index contributed by atoms with van der Waals surface area (Å²) in [5.74, 6) is -0.374. The average Bonchev–Trinajstić information content (AvgIpc) is 3.07. The summed E-state index contributed by atoms with van der Waals surface area (Å²) in [6.45, 7) is 3.46. The summed E-state index contributed by atoms with van der Waals surface area (Å²) in [7, 11) is 0. The number of nitrogens with one attached hydrogen (secondary N) is 2. The third-order valence-electron chi connectivity index (χ3n) is 4.24. The second-order valence-corrected chi connectivity index (χ2v) is 5.84. The SMILES string of the molecule is Cc1c(NC(=O)c2ccn(C3CCCNC3)n2)cccc1[N+](=O)[O-]. The molecule has 8 heteroatoms. The number of benzene rings is 1. The van der Waals surface area contributed by atoms with Crippen molar-refractivity contribution in [3.05, 3.63) is 51.8 Å². The quantitative estimate of drug-likeness (QED) is 0.662. The number of hydrogen-bond donors (Lipinski definition) is 2. The van der Waals surface area contributed by atoms with Crippen molar-refractivity contribution in [2.45, 2.75) is 25.8 Å². The minimum atomic E-state index is -0.463. The predicted molar refractivity (Wildman–Crippen MR) is 89.2 cm³/mol. The molecule has 1 atom stereocenters. The highest BCUT2D eigenvalue weighted by Crippen LogP contribution is 2.25. The van der Waals surface area contributed by atoms with Crippen LogP contribution in [-0.2, 0) is 0 Å². The van der Waals surface area contributed by atoms with E-state index >= 15 is 0 Å². The van der Waals surface area contributed by atoms with E-state index in [0.717, 1.165) is 25.9 Å². The smallest absolute Gasteiger partial charge is 0.276 e. The minimum absolute atomic E-state index is 0.0217. The van der Waals surface area contributed by atoms with Crippen molar-refractivity contribution in [2.24, 2.45) is 0 Å². The summed E-state index contributed by atoms with van der Waals surface area (Å²) in [6, 6.07) is 6.52. The van der Waals surface area contributed by atoms with E-state index in [1.54, 1.807) is 36.0 Å². The van der Waals surface area contributed by atoms with Gasteiger partial charge < -0.3 is 10.6 Å². The Kier molecular flexibility index (Phi) is 4.57. The fourth-order valence-electron chi connectivity index (χ4n) is 2.86. The lowest BCUT2D eigenvalue weighted by atomic mass is 10.1. The van der Waals surface area contributed by atoms with Crippen molar-refractivity contribution in [1.29, 1.82) is 0 Å². The van der Waals surface area contributed by atoms with Crippen LogP contribution in [0.2, 0.25) is 0 Å². The molecule has 8 nitrogen and oxygen atoms in total. The normalized spacial score (nSPS) is 17.5. The Morgan fingerprint density at radius 1 is 1.46 bits per heavy atom. The highest BCUT2D eigenvalue weighted by molar-refractivity contribution is 6.03. The van der Waals surface area contributed by atoms with E-state index in [1.807, 2.05) is 0 Å². The molecule has 126 valence electrons. The molecule has 1 saturated heterocycles. The van der Waals surface area contributed by atoms with Crippen LogP contribution >= 0.6 is 0 Å². The molecule has 0 spiro atoms. The number of aromatic nitrogens is 2. The number of carbonyl (C=O) groups is 1. The Labute approximate surface area is 139 Å². The van der Waals surface area contributed by atoms with Crippen LogP contribution in [0.25, 0.3) is 0 Å². The molecule has 0 bridgehead atoms. The van der Waals surface area contributed by atoms with Crippen molar-refractivity contribution in [3.8, 4) is 0 Å². The molecule has 2 N–H and O–H groups in total. The number of nitro benzene ring substituents is 1. The zero-order chi connectivity index (χ0) is 17.1. The summed E-state index contributed by atoms with van der Waals surface area (Å²) < 4.78 is 1.81. The molecule has 1 unspecified atom stereocenters. The van der Waals surface area contributed by atoms with Crippen molar-refractivity contribution < 1.29 is 9.72 Å². The largest absolute Gasteiger partial charge is 0.320 e. The van der Waals surface area contributed by atoms with Gasteiger partial charge >= 0.3 is 0 Å². The molecule has 1 aromatic heterocycles. The first-order valence-corrected chi connectivity index (χ1v) is 7.87. The lowest BCUT2D eigenvalue weighted by Crippen LogP contribution is -2.32. The molecule has 0 saturated carbocycles. The number of hydrogen-bond acceptors (Lipinski definition) is 5. The first-order valence-electron chi connectivity index (χ1n) is 7.87. The van der Waals surface area contributed by atoms with Crippen molar-refractivity contribution in [2.75, 3.05) is 18.4 Å². The van der Waals surface area contributed by atoms with Gasteiger partial charge in [-0.15, -0.1) is 0 Å². The predicted octanol–water partition coefficient (Wildman–Crippen LogP) is 2.28. The van der Waals surface area contributed by atoms with Crippen LogP contribution in [0.3, 0.4) is 0 Å². The van der Waals surface area contributed by atoms with Gasteiger partial charge in [-0.25, -0.2) is 0 Å². The van der Waals surface area contributed by atoms with E-state index in [-0.39, 0.29) is 17.6 Å². The fraction of sp³-hybridized carbons (Fsp3) is 0.375. The Morgan fingerprint density at radius 3 is 3.00 bits per heavy atom. The number of anilines is 1. The van der Waals surface area contributed by atoms with Crippen LogP contribution < -0.4 is 10.6 Å². The maximum atomic E-state index is 12.4. The first kappa shape index (κ1) is 16.1. The molecule has 2 aromatic rings. The standard InChI is InChI=1S/C16H19N5O3/c1-11-13(5-2-6-15(11)21(23)24)18-16(22)14-7-9-20(19-14)12-4-3-8-17-10-12/h2,5-7,9,12,17H,3-4,8,10H2,1H3,(H,18,22). The highest BCUT2D eigenvalue weighted by Gasteiger charge is 2.19. The van der Waals surface area contributed by atoms with Crippen molar-refractivity contribution >= 4 is 17.3 Å². The molecule has 0 aliphatic carbocycles.